The number of unbranched alkanes of at least 4 members (excludes halogenated alkanes) is 1. The molecule has 0 aliphatic rings. The first-order valence-corrected chi connectivity index (χ1v) is 6.75. The van der Waals surface area contributed by atoms with E-state index in [1.54, 1.807) is 0 Å². The fourth-order valence-electron chi connectivity index (χ4n) is 2.01. The van der Waals surface area contributed by atoms with Crippen LogP contribution in [0.4, 0.5) is 5.69 Å². The van der Waals surface area contributed by atoms with Crippen LogP contribution in [0.3, 0.4) is 0 Å². The fraction of sp³-hybridized carbons (Fsp3) is 0.235. The Labute approximate surface area is 114 Å². The van der Waals surface area contributed by atoms with Gasteiger partial charge in [-0.25, -0.2) is 0 Å². The van der Waals surface area contributed by atoms with Crippen LogP contribution < -0.4 is 5.32 Å². The first-order chi connectivity index (χ1) is 9.31. The number of amides is 1. The van der Waals surface area contributed by atoms with Crippen LogP contribution >= 0.6 is 0 Å². The van der Waals surface area contributed by atoms with Crippen LogP contribution in [-0.2, 0) is 6.42 Å². The summed E-state index contributed by atoms with van der Waals surface area (Å²) in [5.41, 5.74) is 2.81. The van der Waals surface area contributed by atoms with Gasteiger partial charge in [0.15, 0.2) is 0 Å². The standard InChI is InChI=1S/C17H19NO/c1-2-3-9-14-10-7-8-13-16(14)18-17(19)15-11-5-4-6-12-15/h4-8,10-13H,2-3,9H2,1H3,(H,18,19). The normalized spacial score (nSPS) is 10.2. The van der Waals surface area contributed by atoms with Gasteiger partial charge in [0.25, 0.3) is 5.91 Å². The molecule has 0 saturated heterocycles. The van der Waals surface area contributed by atoms with Gasteiger partial charge < -0.3 is 5.32 Å². The van der Waals surface area contributed by atoms with Crippen LogP contribution in [-0.4, -0.2) is 5.91 Å². The third-order valence-corrected chi connectivity index (χ3v) is 3.10. The van der Waals surface area contributed by atoms with E-state index in [1.165, 1.54) is 5.56 Å². The lowest BCUT2D eigenvalue weighted by Crippen LogP contribution is -2.13. The number of carbonyl (C=O) groups excluding carboxylic acids is 1. The summed E-state index contributed by atoms with van der Waals surface area (Å²) >= 11 is 0. The molecule has 2 aromatic rings. The monoisotopic (exact) mass is 253 g/mol. The van der Waals surface area contributed by atoms with E-state index in [0.29, 0.717) is 5.56 Å². The van der Waals surface area contributed by atoms with Gasteiger partial charge in [0.2, 0.25) is 0 Å². The van der Waals surface area contributed by atoms with E-state index >= 15 is 0 Å². The molecule has 19 heavy (non-hydrogen) atoms. The predicted molar refractivity (Wildman–Crippen MR) is 79.4 cm³/mol. The van der Waals surface area contributed by atoms with Gasteiger partial charge in [-0.3, -0.25) is 4.79 Å². The first kappa shape index (κ1) is 13.3. The summed E-state index contributed by atoms with van der Waals surface area (Å²) in [6.45, 7) is 2.17. The number of anilines is 1. The third kappa shape index (κ3) is 3.68. The fourth-order valence-corrected chi connectivity index (χ4v) is 2.01. The van der Waals surface area contributed by atoms with Gasteiger partial charge in [-0.2, -0.15) is 0 Å². The highest BCUT2D eigenvalue weighted by Crippen LogP contribution is 2.18. The summed E-state index contributed by atoms with van der Waals surface area (Å²) in [6, 6.07) is 17.3. The quantitative estimate of drug-likeness (QED) is 0.846. The van der Waals surface area contributed by atoms with Crippen molar-refractivity contribution in [2.75, 3.05) is 5.32 Å². The van der Waals surface area contributed by atoms with E-state index in [0.717, 1.165) is 24.9 Å². The van der Waals surface area contributed by atoms with Gasteiger partial charge >= 0.3 is 0 Å². The zero-order chi connectivity index (χ0) is 13.5. The van der Waals surface area contributed by atoms with Gasteiger partial charge in [0.1, 0.15) is 0 Å². The maximum atomic E-state index is 12.1. The molecule has 0 radical (unpaired) electrons. The number of hydrogen-bond acceptors (Lipinski definition) is 1. The third-order valence-electron chi connectivity index (χ3n) is 3.10. The second-order valence-corrected chi connectivity index (χ2v) is 4.58. The minimum Gasteiger partial charge on any atom is -0.322 e. The minimum atomic E-state index is -0.0513. The molecule has 0 atom stereocenters. The maximum Gasteiger partial charge on any atom is 0.255 e. The Kier molecular flexibility index (Phi) is 4.73. The van der Waals surface area contributed by atoms with E-state index < -0.39 is 0 Å². The Morgan fingerprint density at radius 3 is 2.42 bits per heavy atom. The molecule has 0 bridgehead atoms. The summed E-state index contributed by atoms with van der Waals surface area (Å²) in [5, 5.41) is 3.00. The lowest BCUT2D eigenvalue weighted by molar-refractivity contribution is 0.102. The smallest absolute Gasteiger partial charge is 0.255 e. The van der Waals surface area contributed by atoms with E-state index in [4.69, 9.17) is 0 Å². The summed E-state index contributed by atoms with van der Waals surface area (Å²) in [5.74, 6) is -0.0513. The Morgan fingerprint density at radius 1 is 1.00 bits per heavy atom. The van der Waals surface area contributed by atoms with Crippen LogP contribution in [0.5, 0.6) is 0 Å². The van der Waals surface area contributed by atoms with Gasteiger partial charge in [-0.1, -0.05) is 49.7 Å². The molecule has 0 fully saturated rings. The van der Waals surface area contributed by atoms with Crippen molar-refractivity contribution in [3.8, 4) is 0 Å². The number of carbonyl (C=O) groups is 1. The SMILES string of the molecule is CCCCc1ccccc1NC(=O)c1ccccc1. The molecule has 2 rings (SSSR count). The van der Waals surface area contributed by atoms with Crippen LogP contribution in [0.25, 0.3) is 0 Å². The molecule has 0 saturated carbocycles. The predicted octanol–water partition coefficient (Wildman–Crippen LogP) is 4.28. The van der Waals surface area contributed by atoms with Crippen molar-refractivity contribution in [3.63, 3.8) is 0 Å². The molecule has 0 heterocycles. The van der Waals surface area contributed by atoms with Crippen molar-refractivity contribution in [2.24, 2.45) is 0 Å². The zero-order valence-electron chi connectivity index (χ0n) is 11.2. The van der Waals surface area contributed by atoms with E-state index in [1.807, 2.05) is 48.5 Å². The molecule has 1 N–H and O–H groups in total. The number of para-hydroxylation sites is 1. The Morgan fingerprint density at radius 2 is 1.68 bits per heavy atom. The van der Waals surface area contributed by atoms with Crippen molar-refractivity contribution >= 4 is 11.6 Å². The summed E-state index contributed by atoms with van der Waals surface area (Å²) in [4.78, 5) is 12.1. The van der Waals surface area contributed by atoms with Crippen molar-refractivity contribution < 1.29 is 4.79 Å². The number of benzene rings is 2. The Bertz CT molecular complexity index is 534. The lowest BCUT2D eigenvalue weighted by Gasteiger charge is -2.10. The second kappa shape index (κ2) is 6.74. The molecule has 0 aliphatic heterocycles. The van der Waals surface area contributed by atoms with E-state index in [9.17, 15) is 4.79 Å². The molecule has 0 spiro atoms. The van der Waals surface area contributed by atoms with Crippen molar-refractivity contribution in [2.45, 2.75) is 26.2 Å². The molecule has 2 heteroatoms. The number of nitrogens with one attached hydrogen (secondary N) is 1. The number of hydrogen-bond donors (Lipinski definition) is 1. The topological polar surface area (TPSA) is 29.1 Å². The molecule has 0 aliphatic carbocycles. The largest absolute Gasteiger partial charge is 0.322 e. The molecule has 98 valence electrons. The number of aryl methyl sites for hydroxylation is 1. The van der Waals surface area contributed by atoms with Gasteiger partial charge in [-0.15, -0.1) is 0 Å². The maximum absolute atomic E-state index is 12.1. The van der Waals surface area contributed by atoms with Crippen LogP contribution in [0.2, 0.25) is 0 Å². The first-order valence-electron chi connectivity index (χ1n) is 6.75. The van der Waals surface area contributed by atoms with Crippen molar-refractivity contribution in [3.05, 3.63) is 65.7 Å². The molecule has 1 amide bonds. The highest BCUT2D eigenvalue weighted by Gasteiger charge is 2.07. The van der Waals surface area contributed by atoms with Gasteiger partial charge in [0, 0.05) is 11.3 Å². The Hall–Kier alpha value is -2.09. The van der Waals surface area contributed by atoms with Crippen molar-refractivity contribution in [1.29, 1.82) is 0 Å². The van der Waals surface area contributed by atoms with Crippen LogP contribution in [0.15, 0.2) is 54.6 Å². The highest BCUT2D eigenvalue weighted by atomic mass is 16.1. The molecule has 0 aromatic heterocycles. The van der Waals surface area contributed by atoms with E-state index in [-0.39, 0.29) is 5.91 Å². The van der Waals surface area contributed by atoms with Crippen LogP contribution in [0.1, 0.15) is 35.7 Å². The number of rotatable bonds is 5. The molecule has 2 aromatic carbocycles. The average Bonchev–Trinajstić information content (AvgIpc) is 2.47. The Balaban J connectivity index is 2.12. The van der Waals surface area contributed by atoms with E-state index in [2.05, 4.69) is 18.3 Å². The van der Waals surface area contributed by atoms with Gasteiger partial charge in [0.05, 0.1) is 0 Å². The molecule has 0 unspecified atom stereocenters. The molecular weight excluding hydrogens is 234 g/mol. The summed E-state index contributed by atoms with van der Waals surface area (Å²) in [6.07, 6.45) is 3.29. The zero-order valence-corrected chi connectivity index (χ0v) is 11.2. The second-order valence-electron chi connectivity index (χ2n) is 4.58. The van der Waals surface area contributed by atoms with Crippen molar-refractivity contribution in [1.82, 2.24) is 0 Å². The molecular formula is C17H19NO. The molecule has 2 nitrogen and oxygen atoms in total. The highest BCUT2D eigenvalue weighted by molar-refractivity contribution is 6.04. The minimum absolute atomic E-state index is 0.0513. The lowest BCUT2D eigenvalue weighted by atomic mass is 10.1. The van der Waals surface area contributed by atoms with Crippen LogP contribution in [0, 0.1) is 0 Å². The summed E-state index contributed by atoms with van der Waals surface area (Å²) < 4.78 is 0. The average molecular weight is 253 g/mol. The summed E-state index contributed by atoms with van der Waals surface area (Å²) in [7, 11) is 0. The van der Waals surface area contributed by atoms with Gasteiger partial charge in [-0.05, 0) is 36.6 Å².